The van der Waals surface area contributed by atoms with Gasteiger partial charge in [0.05, 0.1) is 18.7 Å². The van der Waals surface area contributed by atoms with E-state index in [9.17, 15) is 4.79 Å². The molecule has 6 heteroatoms. The smallest absolute Gasteiger partial charge is 0.228 e. The zero-order chi connectivity index (χ0) is 17.4. The predicted octanol–water partition coefficient (Wildman–Crippen LogP) is 3.41. The number of hydrogen-bond donors (Lipinski definition) is 0. The molecule has 0 aliphatic heterocycles. The van der Waals surface area contributed by atoms with Crippen LogP contribution < -0.4 is 0 Å². The second kappa shape index (κ2) is 9.49. The summed E-state index contributed by atoms with van der Waals surface area (Å²) in [6, 6.07) is 4.12. The maximum atomic E-state index is 12.7. The molecule has 0 aromatic carbocycles. The number of carbonyl (C=O) groups is 1. The fourth-order valence-corrected chi connectivity index (χ4v) is 3.51. The van der Waals surface area contributed by atoms with Crippen LogP contribution in [0, 0.1) is 0 Å². The molecule has 0 aliphatic rings. The third-order valence-corrected chi connectivity index (χ3v) is 4.97. The van der Waals surface area contributed by atoms with E-state index in [-0.39, 0.29) is 11.9 Å². The summed E-state index contributed by atoms with van der Waals surface area (Å²) in [6.07, 6.45) is 5.76. The molecule has 2 aromatic heterocycles. The topological polar surface area (TPSA) is 55.3 Å². The summed E-state index contributed by atoms with van der Waals surface area (Å²) in [7, 11) is 1.66. The molecule has 24 heavy (non-hydrogen) atoms. The van der Waals surface area contributed by atoms with E-state index in [1.54, 1.807) is 30.8 Å². The van der Waals surface area contributed by atoms with Gasteiger partial charge in [0.2, 0.25) is 5.91 Å². The van der Waals surface area contributed by atoms with Crippen LogP contribution in [0.1, 0.15) is 32.4 Å². The first-order chi connectivity index (χ1) is 11.7. The van der Waals surface area contributed by atoms with Crippen LogP contribution in [0.2, 0.25) is 0 Å². The van der Waals surface area contributed by atoms with Gasteiger partial charge in [-0.2, -0.15) is 0 Å². The van der Waals surface area contributed by atoms with Crippen LogP contribution in [0.5, 0.6) is 0 Å². The van der Waals surface area contributed by atoms with Crippen LogP contribution in [0.3, 0.4) is 0 Å². The Hall–Kier alpha value is -1.79. The number of thiazole rings is 1. The molecule has 0 saturated carbocycles. The molecule has 0 saturated heterocycles. The normalized spacial score (nSPS) is 11.0. The highest BCUT2D eigenvalue weighted by atomic mass is 32.1. The summed E-state index contributed by atoms with van der Waals surface area (Å²) in [5, 5.41) is 2.86. The zero-order valence-electron chi connectivity index (χ0n) is 14.6. The van der Waals surface area contributed by atoms with Gasteiger partial charge in [-0.1, -0.05) is 13.8 Å². The van der Waals surface area contributed by atoms with Crippen molar-refractivity contribution in [3.8, 4) is 10.6 Å². The summed E-state index contributed by atoms with van der Waals surface area (Å²) < 4.78 is 5.16. The Labute approximate surface area is 147 Å². The average molecular weight is 347 g/mol. The fourth-order valence-electron chi connectivity index (χ4n) is 2.70. The highest BCUT2D eigenvalue weighted by molar-refractivity contribution is 7.13. The van der Waals surface area contributed by atoms with Crippen molar-refractivity contribution in [1.82, 2.24) is 14.9 Å². The van der Waals surface area contributed by atoms with E-state index in [0.717, 1.165) is 29.1 Å². The van der Waals surface area contributed by atoms with E-state index < -0.39 is 0 Å². The van der Waals surface area contributed by atoms with Crippen molar-refractivity contribution >= 4 is 17.2 Å². The van der Waals surface area contributed by atoms with E-state index in [4.69, 9.17) is 4.74 Å². The van der Waals surface area contributed by atoms with Crippen molar-refractivity contribution in [3.05, 3.63) is 35.6 Å². The van der Waals surface area contributed by atoms with Gasteiger partial charge < -0.3 is 9.64 Å². The third-order valence-electron chi connectivity index (χ3n) is 4.03. The monoisotopic (exact) mass is 347 g/mol. The van der Waals surface area contributed by atoms with Gasteiger partial charge in [0.25, 0.3) is 0 Å². The average Bonchev–Trinajstić information content (AvgIpc) is 3.07. The highest BCUT2D eigenvalue weighted by Crippen LogP contribution is 2.23. The minimum atomic E-state index is 0.115. The molecular formula is C18H25N3O2S. The lowest BCUT2D eigenvalue weighted by atomic mass is 10.1. The van der Waals surface area contributed by atoms with Crippen molar-refractivity contribution < 1.29 is 9.53 Å². The van der Waals surface area contributed by atoms with Gasteiger partial charge in [-0.25, -0.2) is 4.98 Å². The maximum absolute atomic E-state index is 12.7. The van der Waals surface area contributed by atoms with Gasteiger partial charge in [-0.15, -0.1) is 11.3 Å². The predicted molar refractivity (Wildman–Crippen MR) is 97.0 cm³/mol. The number of rotatable bonds is 9. The van der Waals surface area contributed by atoms with Crippen molar-refractivity contribution in [1.29, 1.82) is 0 Å². The number of pyridine rings is 1. The molecule has 0 radical (unpaired) electrons. The Morgan fingerprint density at radius 3 is 2.79 bits per heavy atom. The Morgan fingerprint density at radius 1 is 1.38 bits per heavy atom. The molecule has 5 nitrogen and oxygen atoms in total. The van der Waals surface area contributed by atoms with Crippen molar-refractivity contribution in [2.24, 2.45) is 0 Å². The van der Waals surface area contributed by atoms with E-state index in [0.29, 0.717) is 19.6 Å². The van der Waals surface area contributed by atoms with Crippen LogP contribution in [-0.4, -0.2) is 47.1 Å². The number of amides is 1. The minimum Gasteiger partial charge on any atom is -0.383 e. The number of aromatic nitrogens is 2. The van der Waals surface area contributed by atoms with Gasteiger partial charge >= 0.3 is 0 Å². The summed E-state index contributed by atoms with van der Waals surface area (Å²) in [4.78, 5) is 23.4. The van der Waals surface area contributed by atoms with E-state index in [1.165, 1.54) is 0 Å². The molecule has 1 amide bonds. The molecule has 2 heterocycles. The molecule has 130 valence electrons. The SMILES string of the molecule is CCC(CC)N(CCOC)C(=O)Cc1csc(-c2cccnc2)n1. The van der Waals surface area contributed by atoms with Crippen molar-refractivity contribution in [2.75, 3.05) is 20.3 Å². The van der Waals surface area contributed by atoms with Crippen LogP contribution in [0.25, 0.3) is 10.6 Å². The fraction of sp³-hybridized carbons (Fsp3) is 0.500. The number of ether oxygens (including phenoxy) is 1. The molecule has 0 aliphatic carbocycles. The molecule has 0 N–H and O–H groups in total. The Kier molecular flexibility index (Phi) is 7.34. The lowest BCUT2D eigenvalue weighted by Crippen LogP contribution is -2.42. The Balaban J connectivity index is 2.07. The second-order valence-corrected chi connectivity index (χ2v) is 6.47. The lowest BCUT2D eigenvalue weighted by Gasteiger charge is -2.30. The summed E-state index contributed by atoms with van der Waals surface area (Å²) in [6.45, 7) is 5.41. The van der Waals surface area contributed by atoms with Crippen molar-refractivity contribution in [3.63, 3.8) is 0 Å². The molecule has 0 atom stereocenters. The largest absolute Gasteiger partial charge is 0.383 e. The standard InChI is InChI=1S/C18H25N3O2S/c1-4-16(5-2)21(9-10-23-3)17(22)11-15-13-24-18(20-15)14-7-6-8-19-12-14/h6-8,12-13,16H,4-5,9-11H2,1-3H3. The first kappa shape index (κ1) is 18.5. The summed E-state index contributed by atoms with van der Waals surface area (Å²) in [5.41, 5.74) is 1.80. The molecule has 0 spiro atoms. The third kappa shape index (κ3) is 4.85. The lowest BCUT2D eigenvalue weighted by molar-refractivity contribution is -0.133. The molecular weight excluding hydrogens is 322 g/mol. The van der Waals surface area contributed by atoms with Gasteiger partial charge in [0, 0.05) is 43.0 Å². The van der Waals surface area contributed by atoms with Crippen LogP contribution >= 0.6 is 11.3 Å². The molecule has 2 aromatic rings. The first-order valence-corrected chi connectivity index (χ1v) is 9.20. The van der Waals surface area contributed by atoms with Crippen LogP contribution in [0.15, 0.2) is 29.9 Å². The number of methoxy groups -OCH3 is 1. The minimum absolute atomic E-state index is 0.115. The van der Waals surface area contributed by atoms with Gasteiger partial charge in [-0.3, -0.25) is 9.78 Å². The van der Waals surface area contributed by atoms with E-state index in [1.807, 2.05) is 22.4 Å². The molecule has 0 fully saturated rings. The van der Waals surface area contributed by atoms with Gasteiger partial charge in [0.15, 0.2) is 0 Å². The van der Waals surface area contributed by atoms with Crippen molar-refractivity contribution in [2.45, 2.75) is 39.2 Å². The highest BCUT2D eigenvalue weighted by Gasteiger charge is 2.21. The Bertz CT molecular complexity index is 626. The summed E-state index contributed by atoms with van der Waals surface area (Å²) in [5.74, 6) is 0.115. The summed E-state index contributed by atoms with van der Waals surface area (Å²) >= 11 is 1.55. The number of carbonyl (C=O) groups excluding carboxylic acids is 1. The number of hydrogen-bond acceptors (Lipinski definition) is 5. The van der Waals surface area contributed by atoms with Crippen LogP contribution in [0.4, 0.5) is 0 Å². The maximum Gasteiger partial charge on any atom is 0.228 e. The van der Waals surface area contributed by atoms with E-state index >= 15 is 0 Å². The van der Waals surface area contributed by atoms with E-state index in [2.05, 4.69) is 23.8 Å². The Morgan fingerprint density at radius 2 is 2.17 bits per heavy atom. The van der Waals surface area contributed by atoms with Gasteiger partial charge in [0.1, 0.15) is 5.01 Å². The quantitative estimate of drug-likeness (QED) is 0.697. The second-order valence-electron chi connectivity index (χ2n) is 5.61. The number of nitrogens with zero attached hydrogens (tertiary/aromatic N) is 3. The van der Waals surface area contributed by atoms with Gasteiger partial charge in [-0.05, 0) is 25.0 Å². The molecule has 2 rings (SSSR count). The zero-order valence-corrected chi connectivity index (χ0v) is 15.4. The molecule has 0 bridgehead atoms. The molecule has 0 unspecified atom stereocenters. The van der Waals surface area contributed by atoms with Crippen LogP contribution in [-0.2, 0) is 16.0 Å². The first-order valence-electron chi connectivity index (χ1n) is 8.32.